The fourth-order valence-corrected chi connectivity index (χ4v) is 7.42. The number of carbonyl (C=O) groups is 2. The lowest BCUT2D eigenvalue weighted by Gasteiger charge is -2.63. The summed E-state index contributed by atoms with van der Waals surface area (Å²) in [4.78, 5) is 24.8. The molecule has 0 radical (unpaired) electrons. The third kappa shape index (κ3) is 2.07. The van der Waals surface area contributed by atoms with Gasteiger partial charge >= 0.3 is 11.9 Å². The van der Waals surface area contributed by atoms with Gasteiger partial charge in [0.05, 0.1) is 12.5 Å². The number of hydrogen-bond donors (Lipinski definition) is 1. The average Bonchev–Trinajstić information content (AvgIpc) is 2.88. The predicted molar refractivity (Wildman–Crippen MR) is 94.8 cm³/mol. The van der Waals surface area contributed by atoms with E-state index < -0.39 is 11.7 Å². The highest BCUT2D eigenvalue weighted by Gasteiger charge is 2.64. The highest BCUT2D eigenvalue weighted by atomic mass is 16.6. The first-order valence-electron chi connectivity index (χ1n) is 9.89. The number of aliphatic hydroxyl groups excluding tert-OH is 1. The normalized spacial score (nSPS) is 47.6. The fraction of sp³-hybridized carbons (Fsp3) is 0.810. The van der Waals surface area contributed by atoms with E-state index in [0.717, 1.165) is 44.1 Å². The summed E-state index contributed by atoms with van der Waals surface area (Å²) in [5.74, 6) is 0.169. The van der Waals surface area contributed by atoms with Crippen LogP contribution in [0.25, 0.3) is 0 Å². The van der Waals surface area contributed by atoms with Crippen molar-refractivity contribution < 1.29 is 24.2 Å². The van der Waals surface area contributed by atoms with Gasteiger partial charge in [0, 0.05) is 11.1 Å². The highest BCUT2D eigenvalue weighted by Crippen LogP contribution is 2.69. The molecule has 5 nitrogen and oxygen atoms in total. The Morgan fingerprint density at radius 3 is 2.58 bits per heavy atom. The van der Waals surface area contributed by atoms with E-state index in [1.165, 1.54) is 7.11 Å². The SMILES string of the molecule is COC(=O)[C@@]1(C)CCC[C@]2(C)[C@H]3CCC4=C(C(O)OC4=O)[C@]3(C)CC[C@H]21. The van der Waals surface area contributed by atoms with Crippen LogP contribution in [0.2, 0.25) is 0 Å². The van der Waals surface area contributed by atoms with E-state index in [1.54, 1.807) is 0 Å². The van der Waals surface area contributed by atoms with Gasteiger partial charge in [-0.2, -0.15) is 0 Å². The molecule has 0 saturated heterocycles. The largest absolute Gasteiger partial charge is 0.469 e. The van der Waals surface area contributed by atoms with E-state index in [0.29, 0.717) is 17.9 Å². The first-order chi connectivity index (χ1) is 12.2. The van der Waals surface area contributed by atoms with Gasteiger partial charge in [-0.05, 0) is 68.1 Å². The van der Waals surface area contributed by atoms with Crippen molar-refractivity contribution in [2.24, 2.45) is 28.1 Å². The average molecular weight is 362 g/mol. The third-order valence-corrected chi connectivity index (χ3v) is 8.48. The van der Waals surface area contributed by atoms with Gasteiger partial charge in [0.2, 0.25) is 6.29 Å². The Morgan fingerprint density at radius 2 is 1.88 bits per heavy atom. The standard InChI is InChI=1S/C21H30O5/c1-19-9-5-10-21(3,18(24)25-4)14(19)8-11-20(2)13(19)7-6-12-15(20)17(23)26-16(12)22/h13-14,17,23H,5-11H2,1-4H3/t13-,14-,17?,19-,20-,21+/m1/s1. The molecule has 5 heteroatoms. The van der Waals surface area contributed by atoms with E-state index in [9.17, 15) is 14.7 Å². The van der Waals surface area contributed by atoms with E-state index in [2.05, 4.69) is 20.8 Å². The molecule has 0 spiro atoms. The van der Waals surface area contributed by atoms with Gasteiger partial charge in [-0.1, -0.05) is 20.3 Å². The lowest BCUT2D eigenvalue weighted by atomic mass is 9.40. The molecule has 0 aromatic heterocycles. The summed E-state index contributed by atoms with van der Waals surface area (Å²) in [5, 5.41) is 10.4. The number of carbonyl (C=O) groups excluding carboxylic acids is 2. The van der Waals surface area contributed by atoms with Crippen molar-refractivity contribution in [2.45, 2.75) is 72.0 Å². The Labute approximate surface area is 155 Å². The second kappa shape index (κ2) is 5.57. The van der Waals surface area contributed by atoms with Gasteiger partial charge in [-0.25, -0.2) is 4.79 Å². The molecule has 26 heavy (non-hydrogen) atoms. The Morgan fingerprint density at radius 1 is 1.15 bits per heavy atom. The maximum Gasteiger partial charge on any atom is 0.336 e. The van der Waals surface area contributed by atoms with Crippen LogP contribution in [0.5, 0.6) is 0 Å². The molecule has 0 aromatic carbocycles. The fourth-order valence-electron chi connectivity index (χ4n) is 7.42. The number of hydrogen-bond acceptors (Lipinski definition) is 5. The van der Waals surface area contributed by atoms with E-state index in [4.69, 9.17) is 9.47 Å². The molecule has 2 fully saturated rings. The lowest BCUT2D eigenvalue weighted by Crippen LogP contribution is -2.59. The zero-order valence-corrected chi connectivity index (χ0v) is 16.3. The highest BCUT2D eigenvalue weighted by molar-refractivity contribution is 5.92. The van der Waals surface area contributed by atoms with Crippen LogP contribution in [0.15, 0.2) is 11.1 Å². The topological polar surface area (TPSA) is 72.8 Å². The summed E-state index contributed by atoms with van der Waals surface area (Å²) in [6.07, 6.45) is 5.24. The van der Waals surface area contributed by atoms with Crippen LogP contribution in [0.3, 0.4) is 0 Å². The summed E-state index contributed by atoms with van der Waals surface area (Å²) in [6.45, 7) is 6.60. The number of cyclic esters (lactones) is 1. The van der Waals surface area contributed by atoms with Crippen LogP contribution in [0, 0.1) is 28.1 Å². The van der Waals surface area contributed by atoms with Crippen LogP contribution in [0.1, 0.15) is 65.7 Å². The van der Waals surface area contributed by atoms with Crippen molar-refractivity contribution in [1.29, 1.82) is 0 Å². The van der Waals surface area contributed by atoms with Crippen molar-refractivity contribution >= 4 is 11.9 Å². The zero-order chi connectivity index (χ0) is 18.9. The van der Waals surface area contributed by atoms with Crippen LogP contribution in [0.4, 0.5) is 0 Å². The summed E-state index contributed by atoms with van der Waals surface area (Å²) in [7, 11) is 1.49. The minimum Gasteiger partial charge on any atom is -0.469 e. The van der Waals surface area contributed by atoms with E-state index >= 15 is 0 Å². The van der Waals surface area contributed by atoms with Gasteiger partial charge < -0.3 is 14.6 Å². The maximum atomic E-state index is 12.7. The molecule has 1 heterocycles. The van der Waals surface area contributed by atoms with E-state index in [-0.39, 0.29) is 28.7 Å². The zero-order valence-electron chi connectivity index (χ0n) is 16.3. The second-order valence-electron chi connectivity index (χ2n) is 9.52. The molecule has 144 valence electrons. The van der Waals surface area contributed by atoms with E-state index in [1.807, 2.05) is 0 Å². The Balaban J connectivity index is 1.78. The van der Waals surface area contributed by atoms with Crippen LogP contribution >= 0.6 is 0 Å². The van der Waals surface area contributed by atoms with Crippen LogP contribution < -0.4 is 0 Å². The van der Waals surface area contributed by atoms with Gasteiger partial charge in [0.15, 0.2) is 0 Å². The van der Waals surface area contributed by atoms with Crippen molar-refractivity contribution in [3.8, 4) is 0 Å². The monoisotopic (exact) mass is 362 g/mol. The summed E-state index contributed by atoms with van der Waals surface area (Å²) >= 11 is 0. The molecular weight excluding hydrogens is 332 g/mol. The van der Waals surface area contributed by atoms with Crippen LogP contribution in [-0.4, -0.2) is 30.4 Å². The summed E-state index contributed by atoms with van der Waals surface area (Å²) in [5.41, 5.74) is 0.837. The first-order valence-corrected chi connectivity index (χ1v) is 9.89. The molecule has 1 aliphatic heterocycles. The Kier molecular flexibility index (Phi) is 3.86. The van der Waals surface area contributed by atoms with Crippen molar-refractivity contribution in [3.63, 3.8) is 0 Å². The number of rotatable bonds is 1. The first kappa shape index (κ1) is 18.0. The molecule has 4 aliphatic rings. The number of esters is 2. The second-order valence-corrected chi connectivity index (χ2v) is 9.52. The molecule has 0 aromatic rings. The predicted octanol–water partition coefficient (Wildman–Crippen LogP) is 3.35. The molecule has 1 N–H and O–H groups in total. The van der Waals surface area contributed by atoms with Gasteiger partial charge in [0.25, 0.3) is 0 Å². The molecular formula is C21H30O5. The van der Waals surface area contributed by atoms with Crippen molar-refractivity contribution in [1.82, 2.24) is 0 Å². The molecule has 3 aliphatic carbocycles. The molecule has 0 amide bonds. The van der Waals surface area contributed by atoms with Crippen LogP contribution in [-0.2, 0) is 19.1 Å². The Bertz CT molecular complexity index is 697. The smallest absolute Gasteiger partial charge is 0.336 e. The minimum atomic E-state index is -1.10. The summed E-state index contributed by atoms with van der Waals surface area (Å²) < 4.78 is 10.4. The Hall–Kier alpha value is -1.36. The third-order valence-electron chi connectivity index (χ3n) is 8.48. The van der Waals surface area contributed by atoms with Gasteiger partial charge in [-0.15, -0.1) is 0 Å². The molecule has 6 atom stereocenters. The van der Waals surface area contributed by atoms with Crippen molar-refractivity contribution in [2.75, 3.05) is 7.11 Å². The minimum absolute atomic E-state index is 0.00191. The molecule has 4 rings (SSSR count). The number of ether oxygens (including phenoxy) is 2. The summed E-state index contributed by atoms with van der Waals surface area (Å²) in [6, 6.07) is 0. The molecule has 1 unspecified atom stereocenters. The van der Waals surface area contributed by atoms with Gasteiger partial charge in [0.1, 0.15) is 0 Å². The molecule has 0 bridgehead atoms. The maximum absolute atomic E-state index is 12.7. The number of aliphatic hydroxyl groups is 1. The molecule has 2 saturated carbocycles. The van der Waals surface area contributed by atoms with Gasteiger partial charge in [-0.3, -0.25) is 4.79 Å². The number of fused-ring (bicyclic) bond motifs is 4. The quantitative estimate of drug-likeness (QED) is 0.724. The lowest BCUT2D eigenvalue weighted by molar-refractivity contribution is -0.180. The number of methoxy groups -OCH3 is 1. The van der Waals surface area contributed by atoms with Crippen molar-refractivity contribution in [3.05, 3.63) is 11.1 Å².